The van der Waals surface area contributed by atoms with Crippen molar-refractivity contribution in [2.24, 2.45) is 11.7 Å². The molecule has 1 aliphatic heterocycles. The minimum Gasteiger partial charge on any atom is -0.379 e. The van der Waals surface area contributed by atoms with E-state index in [1.54, 1.807) is 4.57 Å². The van der Waals surface area contributed by atoms with Crippen molar-refractivity contribution in [2.75, 3.05) is 23.8 Å². The highest BCUT2D eigenvalue weighted by Gasteiger charge is 2.30. The molecule has 0 radical (unpaired) electrons. The molecule has 2 aliphatic rings. The van der Waals surface area contributed by atoms with Crippen molar-refractivity contribution in [1.82, 2.24) is 19.5 Å². The lowest BCUT2D eigenvalue weighted by Crippen LogP contribution is -2.29. The van der Waals surface area contributed by atoms with Crippen molar-refractivity contribution < 1.29 is 22.7 Å². The third kappa shape index (κ3) is 4.37. The number of aromatic nitrogens is 4. The number of carbonyl (C=O) groups is 1. The zero-order valence-electron chi connectivity index (χ0n) is 18.2. The second kappa shape index (κ2) is 9.09. The summed E-state index contributed by atoms with van der Waals surface area (Å²) in [6.07, 6.45) is 4.72. The van der Waals surface area contributed by atoms with E-state index in [-0.39, 0.29) is 29.9 Å². The maximum Gasteiger partial charge on any atom is 0.225 e. The topological polar surface area (TPSA) is 120 Å². The summed E-state index contributed by atoms with van der Waals surface area (Å²) in [6, 6.07) is 1.14. The molecule has 1 aromatic carbocycles. The number of rotatable bonds is 6. The lowest BCUT2D eigenvalue weighted by Gasteiger charge is -2.29. The molecule has 1 amide bonds. The molecule has 1 saturated heterocycles. The first-order chi connectivity index (χ1) is 16.4. The number of ether oxygens (including phenoxy) is 1. The van der Waals surface area contributed by atoms with Gasteiger partial charge in [0.1, 0.15) is 17.0 Å². The van der Waals surface area contributed by atoms with Gasteiger partial charge in [-0.15, -0.1) is 0 Å². The number of fused-ring (bicyclic) bond motifs is 1. The van der Waals surface area contributed by atoms with Crippen LogP contribution in [0.4, 0.5) is 30.8 Å². The van der Waals surface area contributed by atoms with E-state index in [0.29, 0.717) is 68.1 Å². The Labute approximate surface area is 192 Å². The van der Waals surface area contributed by atoms with E-state index in [1.807, 2.05) is 0 Å². The lowest BCUT2D eigenvalue weighted by atomic mass is 9.85. The van der Waals surface area contributed by atoms with E-state index in [9.17, 15) is 18.0 Å². The Morgan fingerprint density at radius 2 is 1.82 bits per heavy atom. The molecule has 0 unspecified atom stereocenters. The van der Waals surface area contributed by atoms with Crippen molar-refractivity contribution in [3.63, 3.8) is 0 Å². The molecule has 3 heterocycles. The smallest absolute Gasteiger partial charge is 0.225 e. The van der Waals surface area contributed by atoms with Crippen molar-refractivity contribution in [2.45, 2.75) is 44.2 Å². The summed E-state index contributed by atoms with van der Waals surface area (Å²) in [6.45, 7) is 1.21. The number of halogens is 3. The molecule has 5 rings (SSSR count). The zero-order chi connectivity index (χ0) is 23.8. The van der Waals surface area contributed by atoms with Gasteiger partial charge in [0.2, 0.25) is 17.8 Å². The number of hydrogen-bond acceptors (Lipinski definition) is 7. The van der Waals surface area contributed by atoms with Gasteiger partial charge in [-0.25, -0.2) is 23.1 Å². The van der Waals surface area contributed by atoms with Gasteiger partial charge in [-0.3, -0.25) is 9.36 Å². The highest BCUT2D eigenvalue weighted by molar-refractivity contribution is 5.78. The third-order valence-electron chi connectivity index (χ3n) is 6.40. The lowest BCUT2D eigenvalue weighted by molar-refractivity contribution is -0.122. The summed E-state index contributed by atoms with van der Waals surface area (Å²) in [5.41, 5.74) is 5.86. The van der Waals surface area contributed by atoms with Crippen LogP contribution in [0.15, 0.2) is 18.3 Å². The van der Waals surface area contributed by atoms with E-state index < -0.39 is 23.1 Å². The number of primary amides is 1. The molecule has 2 aromatic heterocycles. The molecule has 0 bridgehead atoms. The minimum atomic E-state index is -1.08. The number of amides is 1. The van der Waals surface area contributed by atoms with Gasteiger partial charge in [0, 0.05) is 30.7 Å². The fourth-order valence-corrected chi connectivity index (χ4v) is 4.62. The van der Waals surface area contributed by atoms with Crippen LogP contribution in [0.3, 0.4) is 0 Å². The van der Waals surface area contributed by atoms with Crippen LogP contribution in [0.25, 0.3) is 11.2 Å². The fraction of sp³-hybridized carbons (Fsp3) is 0.455. The van der Waals surface area contributed by atoms with Crippen molar-refractivity contribution in [1.29, 1.82) is 0 Å². The Bertz CT molecular complexity index is 1200. The van der Waals surface area contributed by atoms with Gasteiger partial charge in [-0.05, 0) is 32.1 Å². The summed E-state index contributed by atoms with van der Waals surface area (Å²) in [4.78, 5) is 25.0. The first-order valence-corrected chi connectivity index (χ1v) is 11.2. The number of anilines is 3. The molecule has 4 N–H and O–H groups in total. The summed E-state index contributed by atoms with van der Waals surface area (Å²) in [7, 11) is 0. The number of imidazole rings is 1. The van der Waals surface area contributed by atoms with Crippen LogP contribution in [-0.2, 0) is 9.53 Å². The third-order valence-corrected chi connectivity index (χ3v) is 6.40. The number of nitrogens with one attached hydrogen (secondary N) is 2. The van der Waals surface area contributed by atoms with Gasteiger partial charge in [-0.1, -0.05) is 0 Å². The van der Waals surface area contributed by atoms with Crippen LogP contribution in [-0.4, -0.2) is 44.7 Å². The summed E-state index contributed by atoms with van der Waals surface area (Å²) in [5.74, 6) is -3.19. The maximum atomic E-state index is 14.4. The van der Waals surface area contributed by atoms with E-state index >= 15 is 0 Å². The molecule has 1 atom stereocenters. The number of hydrogen-bond donors (Lipinski definition) is 3. The van der Waals surface area contributed by atoms with Gasteiger partial charge in [-0.2, -0.15) is 4.98 Å². The number of benzene rings is 1. The molecule has 2 fully saturated rings. The van der Waals surface area contributed by atoms with E-state index in [1.165, 1.54) is 6.20 Å². The minimum absolute atomic E-state index is 0.0832. The SMILES string of the molecule is NC(=O)[C@H]1CC[C@H](n2c(Nc3c(F)cc(F)cc3F)nc3cnc(N[C@@H]4CCOC4)nc32)CC1. The van der Waals surface area contributed by atoms with Crippen LogP contribution in [0, 0.1) is 23.4 Å². The molecule has 0 spiro atoms. The van der Waals surface area contributed by atoms with Gasteiger partial charge >= 0.3 is 0 Å². The molecule has 1 aliphatic carbocycles. The molecule has 12 heteroatoms. The van der Waals surface area contributed by atoms with E-state index in [4.69, 9.17) is 10.5 Å². The van der Waals surface area contributed by atoms with Crippen LogP contribution in [0.1, 0.15) is 38.1 Å². The van der Waals surface area contributed by atoms with Crippen molar-refractivity contribution >= 4 is 34.7 Å². The normalized spacial score (nSPS) is 22.7. The molecule has 34 heavy (non-hydrogen) atoms. The zero-order valence-corrected chi connectivity index (χ0v) is 18.2. The summed E-state index contributed by atoms with van der Waals surface area (Å²) in [5, 5.41) is 5.92. The Hall–Kier alpha value is -3.41. The first kappa shape index (κ1) is 22.4. The second-order valence-electron chi connectivity index (χ2n) is 8.69. The van der Waals surface area contributed by atoms with Crippen molar-refractivity contribution in [3.8, 4) is 0 Å². The summed E-state index contributed by atoms with van der Waals surface area (Å²) >= 11 is 0. The summed E-state index contributed by atoms with van der Waals surface area (Å²) < 4.78 is 49.3. The van der Waals surface area contributed by atoms with Gasteiger partial charge in [0.05, 0.1) is 18.8 Å². The van der Waals surface area contributed by atoms with Gasteiger partial charge in [0.15, 0.2) is 17.3 Å². The Balaban J connectivity index is 1.54. The molecule has 180 valence electrons. The van der Waals surface area contributed by atoms with Crippen LogP contribution in [0.2, 0.25) is 0 Å². The molecule has 3 aromatic rings. The van der Waals surface area contributed by atoms with Crippen molar-refractivity contribution in [3.05, 3.63) is 35.8 Å². The Kier molecular flexibility index (Phi) is 5.98. The first-order valence-electron chi connectivity index (χ1n) is 11.2. The van der Waals surface area contributed by atoms with Crippen LogP contribution >= 0.6 is 0 Å². The van der Waals surface area contributed by atoms with Crippen LogP contribution in [0.5, 0.6) is 0 Å². The predicted molar refractivity (Wildman–Crippen MR) is 118 cm³/mol. The van der Waals surface area contributed by atoms with Gasteiger partial charge in [0.25, 0.3) is 0 Å². The average Bonchev–Trinajstić information content (AvgIpc) is 3.43. The Morgan fingerprint density at radius 1 is 1.09 bits per heavy atom. The average molecular weight is 475 g/mol. The van der Waals surface area contributed by atoms with E-state index in [2.05, 4.69) is 25.6 Å². The molecular formula is C22H24F3N7O2. The van der Waals surface area contributed by atoms with Gasteiger partial charge < -0.3 is 21.1 Å². The largest absolute Gasteiger partial charge is 0.379 e. The standard InChI is InChI=1S/C22H24F3N7O2/c23-12-7-15(24)18(16(25)8-12)30-22-29-17-9-27-21(28-13-5-6-34-10-13)31-20(17)32(22)14-3-1-11(2-4-14)19(26)33/h7-9,11,13-14H,1-6,10H2,(H2,26,33)(H,29,30)(H,27,28,31)/t11-,13-,14-/m1/s1. The highest BCUT2D eigenvalue weighted by atomic mass is 19.1. The van der Waals surface area contributed by atoms with Crippen LogP contribution < -0.4 is 16.4 Å². The van der Waals surface area contributed by atoms with E-state index in [0.717, 1.165) is 6.42 Å². The molecule has 1 saturated carbocycles. The number of nitrogens with two attached hydrogens (primary N) is 1. The number of carbonyl (C=O) groups excluding carboxylic acids is 1. The predicted octanol–water partition coefficient (Wildman–Crippen LogP) is 3.40. The Morgan fingerprint density at radius 3 is 2.47 bits per heavy atom. The number of nitrogens with zero attached hydrogens (tertiary/aromatic N) is 4. The maximum absolute atomic E-state index is 14.4. The molecular weight excluding hydrogens is 451 g/mol. The highest BCUT2D eigenvalue weighted by Crippen LogP contribution is 2.37. The second-order valence-corrected chi connectivity index (χ2v) is 8.69. The quantitative estimate of drug-likeness (QED) is 0.500. The monoisotopic (exact) mass is 475 g/mol. The molecule has 9 nitrogen and oxygen atoms in total. The fourth-order valence-electron chi connectivity index (χ4n) is 4.62.